The summed E-state index contributed by atoms with van der Waals surface area (Å²) in [5.74, 6) is -2.52. The van der Waals surface area contributed by atoms with Crippen LogP contribution in [0.4, 0.5) is 20.2 Å². The first-order valence-corrected chi connectivity index (χ1v) is 9.33. The van der Waals surface area contributed by atoms with Crippen molar-refractivity contribution in [2.45, 2.75) is 13.0 Å². The van der Waals surface area contributed by atoms with Crippen LogP contribution in [0.5, 0.6) is 0 Å². The minimum atomic E-state index is -3.81. The van der Waals surface area contributed by atoms with Gasteiger partial charge in [0.05, 0.1) is 17.6 Å². The molecule has 0 aliphatic carbocycles. The molecule has 0 aliphatic rings. The molecule has 0 aromatic heterocycles. The lowest BCUT2D eigenvalue weighted by atomic mass is 10.2. The molecule has 9 heteroatoms. The molecule has 5 nitrogen and oxygen atoms in total. The Bertz CT molecular complexity index is 889. The Morgan fingerprint density at radius 3 is 2.28 bits per heavy atom. The van der Waals surface area contributed by atoms with E-state index in [9.17, 15) is 22.0 Å². The van der Waals surface area contributed by atoms with E-state index < -0.39 is 33.6 Å². The summed E-state index contributed by atoms with van der Waals surface area (Å²) >= 11 is 5.79. The number of carbonyl (C=O) groups excluding carboxylic acids is 1. The topological polar surface area (TPSA) is 66.5 Å². The Kier molecular flexibility index (Phi) is 5.64. The number of rotatable bonds is 5. The van der Waals surface area contributed by atoms with Crippen molar-refractivity contribution in [2.75, 3.05) is 15.9 Å². The SMILES string of the molecule is C[C@H](C(=O)Nc1ccc(F)cc1F)N(c1ccc(Cl)cc1)S(C)(=O)=O. The fraction of sp³-hybridized carbons (Fsp3) is 0.188. The number of amides is 1. The summed E-state index contributed by atoms with van der Waals surface area (Å²) in [6, 6.07) is 7.35. The molecule has 0 aliphatic heterocycles. The number of hydrogen-bond donors (Lipinski definition) is 1. The van der Waals surface area contributed by atoms with Crippen LogP contribution < -0.4 is 9.62 Å². The highest BCUT2D eigenvalue weighted by molar-refractivity contribution is 7.92. The molecule has 1 atom stereocenters. The van der Waals surface area contributed by atoms with Crippen LogP contribution in [-0.2, 0) is 14.8 Å². The van der Waals surface area contributed by atoms with Gasteiger partial charge in [-0.05, 0) is 43.3 Å². The Morgan fingerprint density at radius 1 is 1.16 bits per heavy atom. The second-order valence-electron chi connectivity index (χ2n) is 5.32. The minimum Gasteiger partial charge on any atom is -0.322 e. The van der Waals surface area contributed by atoms with Crippen molar-refractivity contribution in [3.8, 4) is 0 Å². The second kappa shape index (κ2) is 7.37. The lowest BCUT2D eigenvalue weighted by molar-refractivity contribution is -0.116. The number of halogens is 3. The van der Waals surface area contributed by atoms with E-state index in [1.807, 2.05) is 0 Å². The fourth-order valence-corrected chi connectivity index (χ4v) is 3.53. The molecule has 0 saturated heterocycles. The largest absolute Gasteiger partial charge is 0.322 e. The zero-order valence-electron chi connectivity index (χ0n) is 13.3. The maximum atomic E-state index is 13.7. The molecule has 0 bridgehead atoms. The maximum Gasteiger partial charge on any atom is 0.248 e. The average Bonchev–Trinajstić information content (AvgIpc) is 2.50. The first-order chi connectivity index (χ1) is 11.6. The summed E-state index contributed by atoms with van der Waals surface area (Å²) in [5, 5.41) is 2.66. The number of sulfonamides is 1. The van der Waals surface area contributed by atoms with Crippen molar-refractivity contribution in [2.24, 2.45) is 0 Å². The molecule has 1 N–H and O–H groups in total. The van der Waals surface area contributed by atoms with E-state index >= 15 is 0 Å². The first kappa shape index (κ1) is 19.1. The van der Waals surface area contributed by atoms with Crippen molar-refractivity contribution in [3.05, 3.63) is 59.1 Å². The molecule has 0 radical (unpaired) electrons. The number of nitrogens with zero attached hydrogens (tertiary/aromatic N) is 1. The van der Waals surface area contributed by atoms with Gasteiger partial charge in [0, 0.05) is 11.1 Å². The highest BCUT2D eigenvalue weighted by Crippen LogP contribution is 2.24. The Hall–Kier alpha value is -2.19. The molecule has 2 rings (SSSR count). The predicted octanol–water partition coefficient (Wildman–Crippen LogP) is 3.41. The van der Waals surface area contributed by atoms with Crippen molar-refractivity contribution >= 4 is 38.9 Å². The molecule has 2 aromatic carbocycles. The summed E-state index contributed by atoms with van der Waals surface area (Å²) in [7, 11) is -3.81. The molecule has 2 aromatic rings. The lowest BCUT2D eigenvalue weighted by Crippen LogP contribution is -2.45. The normalized spacial score (nSPS) is 12.5. The number of hydrogen-bond acceptors (Lipinski definition) is 3. The van der Waals surface area contributed by atoms with E-state index in [1.165, 1.54) is 31.2 Å². The minimum absolute atomic E-state index is 0.231. The number of nitrogens with one attached hydrogen (secondary N) is 1. The quantitative estimate of drug-likeness (QED) is 0.853. The summed E-state index contributed by atoms with van der Waals surface area (Å²) in [6.45, 7) is 1.35. The summed E-state index contributed by atoms with van der Waals surface area (Å²) in [4.78, 5) is 12.4. The molecule has 0 heterocycles. The summed E-state index contributed by atoms with van der Waals surface area (Å²) in [5.41, 5.74) is -0.0167. The summed E-state index contributed by atoms with van der Waals surface area (Å²) < 4.78 is 51.7. The van der Waals surface area contributed by atoms with Crippen LogP contribution in [0, 0.1) is 11.6 Å². The summed E-state index contributed by atoms with van der Waals surface area (Å²) in [6.07, 6.45) is 0.948. The standard InChI is InChI=1S/C16H15ClF2N2O3S/c1-10(16(22)20-15-8-5-12(18)9-14(15)19)21(25(2,23)24)13-6-3-11(17)4-7-13/h3-10H,1-2H3,(H,20,22)/t10-/m1/s1. The number of benzene rings is 2. The van der Waals surface area contributed by atoms with Crippen LogP contribution in [0.3, 0.4) is 0 Å². The van der Waals surface area contributed by atoms with Gasteiger partial charge in [-0.3, -0.25) is 9.10 Å². The van der Waals surface area contributed by atoms with E-state index in [0.29, 0.717) is 11.1 Å². The molecule has 0 fully saturated rings. The van der Waals surface area contributed by atoms with Crippen molar-refractivity contribution in [1.82, 2.24) is 0 Å². The molecular formula is C16H15ClF2N2O3S. The van der Waals surface area contributed by atoms with Gasteiger partial charge in [-0.15, -0.1) is 0 Å². The van der Waals surface area contributed by atoms with E-state index in [0.717, 1.165) is 22.7 Å². The molecule has 0 unspecified atom stereocenters. The van der Waals surface area contributed by atoms with E-state index in [1.54, 1.807) is 0 Å². The molecule has 25 heavy (non-hydrogen) atoms. The Balaban J connectivity index is 2.31. The molecule has 0 spiro atoms. The monoisotopic (exact) mass is 388 g/mol. The van der Waals surface area contributed by atoms with Gasteiger partial charge in [0.1, 0.15) is 17.7 Å². The van der Waals surface area contributed by atoms with Crippen LogP contribution in [0.15, 0.2) is 42.5 Å². The van der Waals surface area contributed by atoms with Gasteiger partial charge in [-0.25, -0.2) is 17.2 Å². The molecule has 1 amide bonds. The lowest BCUT2D eigenvalue weighted by Gasteiger charge is -2.28. The van der Waals surface area contributed by atoms with Crippen LogP contribution in [-0.4, -0.2) is 26.6 Å². The van der Waals surface area contributed by atoms with Crippen LogP contribution >= 0.6 is 11.6 Å². The van der Waals surface area contributed by atoms with Gasteiger partial charge < -0.3 is 5.32 Å². The maximum absolute atomic E-state index is 13.7. The van der Waals surface area contributed by atoms with Gasteiger partial charge in [-0.1, -0.05) is 11.6 Å². The van der Waals surface area contributed by atoms with E-state index in [-0.39, 0.29) is 11.4 Å². The van der Waals surface area contributed by atoms with E-state index in [2.05, 4.69) is 5.32 Å². The third-order valence-electron chi connectivity index (χ3n) is 3.36. The Labute approximate surface area is 149 Å². The molecule has 134 valence electrons. The van der Waals surface area contributed by atoms with Gasteiger partial charge in [0.25, 0.3) is 0 Å². The third kappa shape index (κ3) is 4.67. The molecule has 0 saturated carbocycles. The Morgan fingerprint density at radius 2 is 1.76 bits per heavy atom. The van der Waals surface area contributed by atoms with Crippen molar-refractivity contribution in [1.29, 1.82) is 0 Å². The smallest absolute Gasteiger partial charge is 0.248 e. The number of carbonyl (C=O) groups is 1. The van der Waals surface area contributed by atoms with Crippen molar-refractivity contribution < 1.29 is 22.0 Å². The van der Waals surface area contributed by atoms with E-state index in [4.69, 9.17) is 11.6 Å². The third-order valence-corrected chi connectivity index (χ3v) is 4.85. The highest BCUT2D eigenvalue weighted by atomic mass is 35.5. The van der Waals surface area contributed by atoms with Gasteiger partial charge in [0.2, 0.25) is 15.9 Å². The predicted molar refractivity (Wildman–Crippen MR) is 93.2 cm³/mol. The highest BCUT2D eigenvalue weighted by Gasteiger charge is 2.29. The fourth-order valence-electron chi connectivity index (χ4n) is 2.22. The van der Waals surface area contributed by atoms with Crippen LogP contribution in [0.25, 0.3) is 0 Å². The zero-order chi connectivity index (χ0) is 18.8. The first-order valence-electron chi connectivity index (χ1n) is 7.10. The van der Waals surface area contributed by atoms with Gasteiger partial charge >= 0.3 is 0 Å². The average molecular weight is 389 g/mol. The van der Waals surface area contributed by atoms with Crippen molar-refractivity contribution in [3.63, 3.8) is 0 Å². The zero-order valence-corrected chi connectivity index (χ0v) is 14.9. The van der Waals surface area contributed by atoms with Gasteiger partial charge in [-0.2, -0.15) is 0 Å². The van der Waals surface area contributed by atoms with Crippen LogP contribution in [0.1, 0.15) is 6.92 Å². The second-order valence-corrected chi connectivity index (χ2v) is 7.62. The van der Waals surface area contributed by atoms with Crippen LogP contribution in [0.2, 0.25) is 5.02 Å². The van der Waals surface area contributed by atoms with Gasteiger partial charge in [0.15, 0.2) is 0 Å². The number of anilines is 2. The molecular weight excluding hydrogens is 374 g/mol.